The number of hydrogen-bond acceptors (Lipinski definition) is 4. The lowest BCUT2D eigenvalue weighted by Crippen LogP contribution is -2.41. The Labute approximate surface area is 122 Å². The van der Waals surface area contributed by atoms with E-state index in [1.807, 2.05) is 19.3 Å². The molecule has 1 rings (SSSR count). The lowest BCUT2D eigenvalue weighted by Gasteiger charge is -2.30. The molecule has 0 fully saturated rings. The third-order valence-electron chi connectivity index (χ3n) is 3.42. The van der Waals surface area contributed by atoms with Crippen molar-refractivity contribution in [2.24, 2.45) is 5.84 Å². The standard InChI is InChI=1S/C14H21F2N3O2/c1-3-10(4-2)19(5-6-20)14(21)9-7-11(15)13(18-17)12(16)8-9/h7-8,10,18,20H,3-6,17H2,1-2H3. The van der Waals surface area contributed by atoms with Crippen LogP contribution in [0.25, 0.3) is 0 Å². The quantitative estimate of drug-likeness (QED) is 0.531. The monoisotopic (exact) mass is 301 g/mol. The second kappa shape index (κ2) is 7.90. The highest BCUT2D eigenvalue weighted by molar-refractivity contribution is 5.95. The van der Waals surface area contributed by atoms with Gasteiger partial charge in [-0.25, -0.2) is 8.78 Å². The number of nitrogens with one attached hydrogen (secondary N) is 1. The Balaban J connectivity index is 3.15. The molecule has 0 saturated carbocycles. The molecule has 0 radical (unpaired) electrons. The number of carbonyl (C=O) groups is 1. The van der Waals surface area contributed by atoms with E-state index in [0.29, 0.717) is 12.8 Å². The van der Waals surface area contributed by atoms with Crippen molar-refractivity contribution in [2.75, 3.05) is 18.6 Å². The molecule has 0 aliphatic heterocycles. The number of nitrogens with two attached hydrogens (primary N) is 1. The number of anilines is 1. The van der Waals surface area contributed by atoms with Gasteiger partial charge in [-0.1, -0.05) is 13.8 Å². The minimum atomic E-state index is -0.936. The maximum Gasteiger partial charge on any atom is 0.254 e. The second-order valence-electron chi connectivity index (χ2n) is 4.65. The third kappa shape index (κ3) is 3.89. The zero-order chi connectivity index (χ0) is 16.0. The Morgan fingerprint density at radius 1 is 1.33 bits per heavy atom. The van der Waals surface area contributed by atoms with Crippen molar-refractivity contribution in [3.63, 3.8) is 0 Å². The van der Waals surface area contributed by atoms with E-state index in [-0.39, 0.29) is 24.8 Å². The van der Waals surface area contributed by atoms with E-state index < -0.39 is 23.2 Å². The SMILES string of the molecule is CCC(CC)N(CCO)C(=O)c1cc(F)c(NN)c(F)c1. The molecule has 0 bridgehead atoms. The summed E-state index contributed by atoms with van der Waals surface area (Å²) in [6, 6.07) is 1.78. The van der Waals surface area contributed by atoms with Crippen LogP contribution in [0.15, 0.2) is 12.1 Å². The van der Waals surface area contributed by atoms with Crippen molar-refractivity contribution >= 4 is 11.6 Å². The largest absolute Gasteiger partial charge is 0.395 e. The summed E-state index contributed by atoms with van der Waals surface area (Å²) in [5, 5.41) is 9.10. The van der Waals surface area contributed by atoms with E-state index in [2.05, 4.69) is 0 Å². The van der Waals surface area contributed by atoms with Crippen LogP contribution in [-0.4, -0.2) is 35.1 Å². The Bertz CT molecular complexity index is 470. The topological polar surface area (TPSA) is 78.6 Å². The third-order valence-corrected chi connectivity index (χ3v) is 3.42. The minimum Gasteiger partial charge on any atom is -0.395 e. The molecule has 1 aromatic carbocycles. The summed E-state index contributed by atoms with van der Waals surface area (Å²) in [6.07, 6.45) is 1.38. The molecular weight excluding hydrogens is 280 g/mol. The molecule has 4 N–H and O–H groups in total. The van der Waals surface area contributed by atoms with E-state index in [1.165, 1.54) is 4.90 Å². The number of aliphatic hydroxyl groups excluding tert-OH is 1. The van der Waals surface area contributed by atoms with Crippen LogP contribution in [0.1, 0.15) is 37.0 Å². The highest BCUT2D eigenvalue weighted by Gasteiger charge is 2.24. The first-order valence-electron chi connectivity index (χ1n) is 6.87. The Morgan fingerprint density at radius 2 is 1.86 bits per heavy atom. The van der Waals surface area contributed by atoms with Crippen LogP contribution in [-0.2, 0) is 0 Å². The molecule has 1 aromatic rings. The summed E-state index contributed by atoms with van der Waals surface area (Å²) in [5.41, 5.74) is 1.32. The van der Waals surface area contributed by atoms with Crippen LogP contribution >= 0.6 is 0 Å². The van der Waals surface area contributed by atoms with Gasteiger partial charge in [0.1, 0.15) is 5.69 Å². The molecule has 0 heterocycles. The highest BCUT2D eigenvalue weighted by atomic mass is 19.1. The van der Waals surface area contributed by atoms with E-state index >= 15 is 0 Å². The number of nitrogens with zero attached hydrogens (tertiary/aromatic N) is 1. The van der Waals surface area contributed by atoms with Gasteiger partial charge >= 0.3 is 0 Å². The lowest BCUT2D eigenvalue weighted by atomic mass is 10.1. The number of carbonyl (C=O) groups excluding carboxylic acids is 1. The van der Waals surface area contributed by atoms with Gasteiger partial charge in [0, 0.05) is 18.2 Å². The lowest BCUT2D eigenvalue weighted by molar-refractivity contribution is 0.0621. The summed E-state index contributed by atoms with van der Waals surface area (Å²) < 4.78 is 27.4. The Hall–Kier alpha value is -1.73. The first-order valence-corrected chi connectivity index (χ1v) is 6.87. The van der Waals surface area contributed by atoms with Crippen molar-refractivity contribution in [1.82, 2.24) is 4.90 Å². The number of rotatable bonds is 7. The average molecular weight is 301 g/mol. The summed E-state index contributed by atoms with van der Waals surface area (Å²) >= 11 is 0. The van der Waals surface area contributed by atoms with Crippen molar-refractivity contribution in [3.05, 3.63) is 29.3 Å². The second-order valence-corrected chi connectivity index (χ2v) is 4.65. The smallest absolute Gasteiger partial charge is 0.254 e. The number of halogens is 2. The fourth-order valence-corrected chi connectivity index (χ4v) is 2.29. The zero-order valence-electron chi connectivity index (χ0n) is 12.2. The average Bonchev–Trinajstić information content (AvgIpc) is 2.46. The Kier molecular flexibility index (Phi) is 6.51. The molecule has 0 aliphatic carbocycles. The van der Waals surface area contributed by atoms with Gasteiger partial charge in [0.2, 0.25) is 0 Å². The van der Waals surface area contributed by atoms with E-state index in [1.54, 1.807) is 0 Å². The molecule has 118 valence electrons. The number of hydrazine groups is 1. The maximum absolute atomic E-state index is 13.7. The molecule has 1 amide bonds. The fourth-order valence-electron chi connectivity index (χ4n) is 2.29. The van der Waals surface area contributed by atoms with Gasteiger partial charge in [0.15, 0.2) is 11.6 Å². The predicted molar refractivity (Wildman–Crippen MR) is 76.7 cm³/mol. The van der Waals surface area contributed by atoms with Crippen molar-refractivity contribution in [2.45, 2.75) is 32.7 Å². The molecule has 7 heteroatoms. The van der Waals surface area contributed by atoms with E-state index in [0.717, 1.165) is 12.1 Å². The molecule has 5 nitrogen and oxygen atoms in total. The zero-order valence-corrected chi connectivity index (χ0v) is 12.2. The molecular formula is C14H21F2N3O2. The highest BCUT2D eigenvalue weighted by Crippen LogP contribution is 2.22. The van der Waals surface area contributed by atoms with Crippen molar-refractivity contribution in [1.29, 1.82) is 0 Å². The van der Waals surface area contributed by atoms with Gasteiger partial charge in [-0.2, -0.15) is 0 Å². The van der Waals surface area contributed by atoms with Gasteiger partial charge in [-0.15, -0.1) is 0 Å². The number of nitrogen functional groups attached to an aromatic ring is 1. The van der Waals surface area contributed by atoms with E-state index in [9.17, 15) is 13.6 Å². The van der Waals surface area contributed by atoms with Crippen LogP contribution in [0.5, 0.6) is 0 Å². The van der Waals surface area contributed by atoms with Gasteiger partial charge in [-0.3, -0.25) is 10.6 Å². The molecule has 0 aromatic heterocycles. The van der Waals surface area contributed by atoms with E-state index in [4.69, 9.17) is 10.9 Å². The predicted octanol–water partition coefficient (Wildman–Crippen LogP) is 1.87. The molecule has 0 spiro atoms. The molecule has 0 atom stereocenters. The molecule has 0 aliphatic rings. The van der Waals surface area contributed by atoms with Crippen LogP contribution in [0.2, 0.25) is 0 Å². The van der Waals surface area contributed by atoms with Crippen LogP contribution in [0, 0.1) is 11.6 Å². The van der Waals surface area contributed by atoms with Gasteiger partial charge in [-0.05, 0) is 25.0 Å². The first kappa shape index (κ1) is 17.3. The van der Waals surface area contributed by atoms with Crippen LogP contribution < -0.4 is 11.3 Å². The maximum atomic E-state index is 13.7. The normalized spacial score (nSPS) is 10.8. The minimum absolute atomic E-state index is 0.0944. The van der Waals surface area contributed by atoms with Crippen molar-refractivity contribution in [3.8, 4) is 0 Å². The molecule has 0 saturated heterocycles. The summed E-state index contributed by atoms with van der Waals surface area (Å²) in [5.74, 6) is 2.63. The van der Waals surface area contributed by atoms with Gasteiger partial charge in [0.05, 0.1) is 6.61 Å². The molecule has 0 unspecified atom stereocenters. The van der Waals surface area contributed by atoms with Crippen molar-refractivity contribution < 1.29 is 18.7 Å². The fraction of sp³-hybridized carbons (Fsp3) is 0.500. The van der Waals surface area contributed by atoms with Crippen LogP contribution in [0.4, 0.5) is 14.5 Å². The molecule has 21 heavy (non-hydrogen) atoms. The first-order chi connectivity index (χ1) is 9.99. The summed E-state index contributed by atoms with van der Waals surface area (Å²) in [7, 11) is 0. The number of aliphatic hydroxyl groups is 1. The number of amides is 1. The number of benzene rings is 1. The Morgan fingerprint density at radius 3 is 2.24 bits per heavy atom. The number of hydrogen-bond donors (Lipinski definition) is 3. The van der Waals surface area contributed by atoms with Gasteiger partial charge in [0.25, 0.3) is 5.91 Å². The van der Waals surface area contributed by atoms with Gasteiger partial charge < -0.3 is 15.4 Å². The summed E-state index contributed by atoms with van der Waals surface area (Å²) in [6.45, 7) is 3.73. The summed E-state index contributed by atoms with van der Waals surface area (Å²) in [4.78, 5) is 13.9. The van der Waals surface area contributed by atoms with Crippen LogP contribution in [0.3, 0.4) is 0 Å².